The van der Waals surface area contributed by atoms with Crippen LogP contribution in [0.3, 0.4) is 0 Å². The molecule has 1 aliphatic heterocycles. The van der Waals surface area contributed by atoms with E-state index in [-0.39, 0.29) is 5.91 Å². The molecule has 0 spiro atoms. The number of carbonyl (C=O) groups excluding carboxylic acids is 1. The number of benzene rings is 1. The van der Waals surface area contributed by atoms with E-state index in [1.165, 1.54) is 11.8 Å². The van der Waals surface area contributed by atoms with Crippen LogP contribution in [0.1, 0.15) is 5.69 Å². The van der Waals surface area contributed by atoms with E-state index in [1.54, 1.807) is 4.90 Å². The minimum Gasteiger partial charge on any atom is -0.362 e. The van der Waals surface area contributed by atoms with E-state index in [1.807, 2.05) is 48.7 Å². The Morgan fingerprint density at radius 2 is 2.15 bits per heavy atom. The van der Waals surface area contributed by atoms with Crippen LogP contribution in [-0.2, 0) is 4.79 Å². The molecule has 2 aromatic rings. The summed E-state index contributed by atoms with van der Waals surface area (Å²) in [6.07, 6.45) is 3.64. The molecule has 6 heteroatoms. The molecule has 3 nitrogen and oxygen atoms in total. The molecule has 1 aliphatic rings. The largest absolute Gasteiger partial charge is 0.362 e. The third-order valence-corrected chi connectivity index (χ3v) is 4.56. The molecule has 1 amide bonds. The van der Waals surface area contributed by atoms with Gasteiger partial charge < -0.3 is 4.98 Å². The minimum atomic E-state index is -0.0901. The predicted molar refractivity (Wildman–Crippen MR) is 90.6 cm³/mol. The van der Waals surface area contributed by atoms with Gasteiger partial charge in [0.15, 0.2) is 4.32 Å². The Hall–Kier alpha value is -1.37. The average Bonchev–Trinajstić information content (AvgIpc) is 2.99. The van der Waals surface area contributed by atoms with Crippen LogP contribution in [0.2, 0.25) is 0 Å². The van der Waals surface area contributed by atoms with Crippen molar-refractivity contribution >= 4 is 61.9 Å². The van der Waals surface area contributed by atoms with Crippen molar-refractivity contribution in [1.82, 2.24) is 4.98 Å². The highest BCUT2D eigenvalue weighted by molar-refractivity contribution is 9.10. The number of aromatic nitrogens is 1. The number of H-pyrrole nitrogens is 1. The molecule has 0 unspecified atom stereocenters. The second kappa shape index (κ2) is 5.55. The highest BCUT2D eigenvalue weighted by Crippen LogP contribution is 2.36. The number of rotatable bonds is 2. The first kappa shape index (κ1) is 13.6. The fourth-order valence-corrected chi connectivity index (χ4v) is 3.56. The third kappa shape index (κ3) is 2.59. The lowest BCUT2D eigenvalue weighted by atomic mass is 10.3. The van der Waals surface area contributed by atoms with Crippen LogP contribution in [0, 0.1) is 0 Å². The first-order chi connectivity index (χ1) is 9.65. The Kier molecular flexibility index (Phi) is 3.78. The normalized spacial score (nSPS) is 17.2. The SMILES string of the molecule is O=C1C(=Cc2ccc[nH]2)SC(=S)N1c1cccc(Br)c1. The molecule has 1 aromatic heterocycles. The zero-order valence-electron chi connectivity index (χ0n) is 10.2. The molecule has 0 bridgehead atoms. The molecule has 100 valence electrons. The number of aromatic amines is 1. The van der Waals surface area contributed by atoms with Crippen LogP contribution in [-0.4, -0.2) is 15.2 Å². The van der Waals surface area contributed by atoms with Crippen molar-refractivity contribution in [2.45, 2.75) is 0 Å². The molecule has 0 radical (unpaired) electrons. The lowest BCUT2D eigenvalue weighted by molar-refractivity contribution is -0.113. The monoisotopic (exact) mass is 364 g/mol. The topological polar surface area (TPSA) is 36.1 Å². The summed E-state index contributed by atoms with van der Waals surface area (Å²) in [6, 6.07) is 11.3. The Bertz CT molecular complexity index is 710. The number of thiocarbonyl (C=S) groups is 1. The van der Waals surface area contributed by atoms with E-state index < -0.39 is 0 Å². The van der Waals surface area contributed by atoms with Crippen LogP contribution in [0.5, 0.6) is 0 Å². The van der Waals surface area contributed by atoms with Crippen molar-refractivity contribution in [3.8, 4) is 0 Å². The standard InChI is InChI=1S/C14H9BrN2OS2/c15-9-3-1-5-11(7-9)17-13(18)12(20-14(17)19)8-10-4-2-6-16-10/h1-8,16H. The number of halogens is 1. The molecule has 1 fully saturated rings. The number of nitrogens with zero attached hydrogens (tertiary/aromatic N) is 1. The van der Waals surface area contributed by atoms with E-state index in [0.717, 1.165) is 15.9 Å². The molecule has 20 heavy (non-hydrogen) atoms. The summed E-state index contributed by atoms with van der Waals surface area (Å²) in [5, 5.41) is 0. The van der Waals surface area contributed by atoms with Crippen LogP contribution < -0.4 is 4.90 Å². The number of carbonyl (C=O) groups is 1. The molecule has 2 heterocycles. The smallest absolute Gasteiger partial charge is 0.270 e. The van der Waals surface area contributed by atoms with E-state index in [0.29, 0.717) is 9.23 Å². The lowest BCUT2D eigenvalue weighted by Gasteiger charge is -2.14. The van der Waals surface area contributed by atoms with Crippen LogP contribution >= 0.6 is 39.9 Å². The van der Waals surface area contributed by atoms with Crippen molar-refractivity contribution in [3.63, 3.8) is 0 Å². The summed E-state index contributed by atoms with van der Waals surface area (Å²) in [6.45, 7) is 0. The maximum atomic E-state index is 12.5. The van der Waals surface area contributed by atoms with E-state index in [2.05, 4.69) is 20.9 Å². The Balaban J connectivity index is 1.95. The zero-order chi connectivity index (χ0) is 14.1. The van der Waals surface area contributed by atoms with Crippen molar-refractivity contribution in [1.29, 1.82) is 0 Å². The van der Waals surface area contributed by atoms with Gasteiger partial charge in [0.1, 0.15) is 0 Å². The van der Waals surface area contributed by atoms with Crippen molar-refractivity contribution in [2.24, 2.45) is 0 Å². The molecular weight excluding hydrogens is 356 g/mol. The third-order valence-electron chi connectivity index (χ3n) is 2.77. The molecule has 1 saturated heterocycles. The van der Waals surface area contributed by atoms with Gasteiger partial charge in [0, 0.05) is 16.4 Å². The Morgan fingerprint density at radius 1 is 1.30 bits per heavy atom. The van der Waals surface area contributed by atoms with Gasteiger partial charge in [-0.05, 0) is 36.4 Å². The fraction of sp³-hybridized carbons (Fsp3) is 0. The Morgan fingerprint density at radius 3 is 2.85 bits per heavy atom. The van der Waals surface area contributed by atoms with Gasteiger partial charge >= 0.3 is 0 Å². The van der Waals surface area contributed by atoms with Crippen LogP contribution in [0.15, 0.2) is 52.0 Å². The number of hydrogen-bond donors (Lipinski definition) is 1. The van der Waals surface area contributed by atoms with E-state index in [9.17, 15) is 4.79 Å². The average molecular weight is 365 g/mol. The first-order valence-corrected chi connectivity index (χ1v) is 7.84. The van der Waals surface area contributed by atoms with Gasteiger partial charge in [-0.1, -0.05) is 46.0 Å². The molecule has 1 aromatic carbocycles. The van der Waals surface area contributed by atoms with Gasteiger partial charge in [-0.2, -0.15) is 0 Å². The van der Waals surface area contributed by atoms with Crippen LogP contribution in [0.25, 0.3) is 6.08 Å². The summed E-state index contributed by atoms with van der Waals surface area (Å²) in [5.74, 6) is -0.0901. The van der Waals surface area contributed by atoms with Crippen molar-refractivity contribution in [3.05, 3.63) is 57.7 Å². The van der Waals surface area contributed by atoms with Crippen LogP contribution in [0.4, 0.5) is 5.69 Å². The summed E-state index contributed by atoms with van der Waals surface area (Å²) in [5.41, 5.74) is 1.66. The molecule has 0 aliphatic carbocycles. The summed E-state index contributed by atoms with van der Waals surface area (Å²) in [7, 11) is 0. The maximum absolute atomic E-state index is 12.5. The number of nitrogens with one attached hydrogen (secondary N) is 1. The van der Waals surface area contributed by atoms with E-state index in [4.69, 9.17) is 12.2 Å². The molecule has 0 atom stereocenters. The van der Waals surface area contributed by atoms with Gasteiger partial charge in [0.05, 0.1) is 10.6 Å². The zero-order valence-corrected chi connectivity index (χ0v) is 13.4. The molecule has 0 saturated carbocycles. The number of hydrogen-bond acceptors (Lipinski definition) is 3. The molecule has 1 N–H and O–H groups in total. The van der Waals surface area contributed by atoms with Gasteiger partial charge in [0.25, 0.3) is 5.91 Å². The van der Waals surface area contributed by atoms with Gasteiger partial charge in [-0.25, -0.2) is 0 Å². The second-order valence-corrected chi connectivity index (χ2v) is 6.71. The minimum absolute atomic E-state index is 0.0901. The van der Waals surface area contributed by atoms with Gasteiger partial charge in [-0.3, -0.25) is 9.69 Å². The second-order valence-electron chi connectivity index (χ2n) is 4.12. The number of amides is 1. The highest BCUT2D eigenvalue weighted by atomic mass is 79.9. The summed E-state index contributed by atoms with van der Waals surface area (Å²) < 4.78 is 1.46. The van der Waals surface area contributed by atoms with Gasteiger partial charge in [0.2, 0.25) is 0 Å². The highest BCUT2D eigenvalue weighted by Gasteiger charge is 2.33. The van der Waals surface area contributed by atoms with Gasteiger partial charge in [-0.15, -0.1) is 0 Å². The van der Waals surface area contributed by atoms with Crippen molar-refractivity contribution in [2.75, 3.05) is 4.90 Å². The number of anilines is 1. The fourth-order valence-electron chi connectivity index (χ4n) is 1.88. The molecule has 3 rings (SSSR count). The Labute approximate surface area is 134 Å². The van der Waals surface area contributed by atoms with E-state index >= 15 is 0 Å². The predicted octanol–water partition coefficient (Wildman–Crippen LogP) is 4.18. The van der Waals surface area contributed by atoms with Crippen molar-refractivity contribution < 1.29 is 4.79 Å². The lowest BCUT2D eigenvalue weighted by Crippen LogP contribution is -2.27. The summed E-state index contributed by atoms with van der Waals surface area (Å²) >= 11 is 10.0. The maximum Gasteiger partial charge on any atom is 0.270 e. The first-order valence-electron chi connectivity index (χ1n) is 5.82. The quantitative estimate of drug-likeness (QED) is 0.641. The number of thioether (sulfide) groups is 1. The summed E-state index contributed by atoms with van der Waals surface area (Å²) in [4.78, 5) is 17.7. The molecular formula is C14H9BrN2OS2.